The van der Waals surface area contributed by atoms with E-state index in [4.69, 9.17) is 5.11 Å². The van der Waals surface area contributed by atoms with Gasteiger partial charge >= 0.3 is 0 Å². The molecule has 0 spiro atoms. The van der Waals surface area contributed by atoms with Crippen LogP contribution in [-0.2, 0) is 21.1 Å². The maximum absolute atomic E-state index is 8.78. The summed E-state index contributed by atoms with van der Waals surface area (Å²) in [5.41, 5.74) is 0. The molecule has 0 saturated carbocycles. The van der Waals surface area contributed by atoms with Crippen molar-refractivity contribution in [1.29, 1.82) is 0 Å². The van der Waals surface area contributed by atoms with Crippen molar-refractivity contribution in [2.45, 2.75) is 26.4 Å². The van der Waals surface area contributed by atoms with Crippen LogP contribution >= 0.6 is 0 Å². The SMILES string of the molecule is [CH2-]CC(C)C(C)O.[W]. The normalized spacial score (nSPS) is 16.5. The average Bonchev–Trinajstić information content (AvgIpc) is 1.65. The van der Waals surface area contributed by atoms with Gasteiger partial charge in [0.1, 0.15) is 0 Å². The summed E-state index contributed by atoms with van der Waals surface area (Å²) >= 11 is 0. The van der Waals surface area contributed by atoms with E-state index in [1.807, 2.05) is 6.92 Å². The Labute approximate surface area is 65.7 Å². The Bertz CT molecular complexity index is 45.8. The Kier molecular flexibility index (Phi) is 8.27. The van der Waals surface area contributed by atoms with Gasteiger partial charge in [0.15, 0.2) is 0 Å². The Morgan fingerprint density at radius 2 is 1.88 bits per heavy atom. The molecule has 50 valence electrons. The summed E-state index contributed by atoms with van der Waals surface area (Å²) < 4.78 is 0. The summed E-state index contributed by atoms with van der Waals surface area (Å²) in [4.78, 5) is 0. The zero-order chi connectivity index (χ0) is 5.86. The zero-order valence-electron chi connectivity index (χ0n) is 5.42. The average molecular weight is 285 g/mol. The fraction of sp³-hybridized carbons (Fsp3) is 0.833. The van der Waals surface area contributed by atoms with Crippen molar-refractivity contribution in [1.82, 2.24) is 0 Å². The van der Waals surface area contributed by atoms with Gasteiger partial charge in [0, 0.05) is 21.1 Å². The van der Waals surface area contributed by atoms with Crippen molar-refractivity contribution in [2.75, 3.05) is 0 Å². The molecule has 1 nitrogen and oxygen atoms in total. The monoisotopic (exact) mass is 285 g/mol. The van der Waals surface area contributed by atoms with Gasteiger partial charge in [-0.15, -0.1) is 0 Å². The van der Waals surface area contributed by atoms with E-state index in [1.165, 1.54) is 0 Å². The first-order valence-corrected chi connectivity index (χ1v) is 2.65. The third-order valence-electron chi connectivity index (χ3n) is 1.28. The van der Waals surface area contributed by atoms with Crippen molar-refractivity contribution >= 4 is 0 Å². The standard InChI is InChI=1S/C6H13O.W/c1-4-5(2)6(3)7;/h5-7H,1,4H2,2-3H3;/q-1;. The van der Waals surface area contributed by atoms with Crippen molar-refractivity contribution in [2.24, 2.45) is 5.92 Å². The van der Waals surface area contributed by atoms with Crippen molar-refractivity contribution in [3.63, 3.8) is 0 Å². The predicted octanol–water partition coefficient (Wildman–Crippen LogP) is 1.22. The summed E-state index contributed by atoms with van der Waals surface area (Å²) in [6, 6.07) is 0. The topological polar surface area (TPSA) is 20.2 Å². The number of aliphatic hydroxyl groups is 1. The number of aliphatic hydroxyl groups excluding tert-OH is 1. The number of rotatable bonds is 2. The third kappa shape index (κ3) is 4.80. The van der Waals surface area contributed by atoms with Crippen molar-refractivity contribution in [3.8, 4) is 0 Å². The molecular weight excluding hydrogens is 272 g/mol. The van der Waals surface area contributed by atoms with E-state index >= 15 is 0 Å². The van der Waals surface area contributed by atoms with Crippen LogP contribution in [0.4, 0.5) is 0 Å². The van der Waals surface area contributed by atoms with E-state index in [9.17, 15) is 0 Å². The van der Waals surface area contributed by atoms with E-state index in [-0.39, 0.29) is 27.2 Å². The van der Waals surface area contributed by atoms with Crippen LogP contribution in [0.3, 0.4) is 0 Å². The van der Waals surface area contributed by atoms with Gasteiger partial charge in [-0.05, 0) is 12.8 Å². The van der Waals surface area contributed by atoms with Crippen molar-refractivity contribution in [3.05, 3.63) is 6.92 Å². The molecule has 2 unspecified atom stereocenters. The minimum absolute atomic E-state index is 0. The van der Waals surface area contributed by atoms with Gasteiger partial charge in [-0.25, -0.2) is 0 Å². The maximum Gasteiger partial charge on any atom is 0.0513 e. The molecule has 0 aromatic carbocycles. The Morgan fingerprint density at radius 3 is 1.88 bits per heavy atom. The van der Waals surface area contributed by atoms with Gasteiger partial charge in [0.05, 0.1) is 6.10 Å². The fourth-order valence-electron chi connectivity index (χ4n) is 0.241. The first-order chi connectivity index (χ1) is 3.18. The molecule has 0 radical (unpaired) electrons. The van der Waals surface area contributed by atoms with Crippen molar-refractivity contribution < 1.29 is 26.2 Å². The van der Waals surface area contributed by atoms with E-state index in [0.29, 0.717) is 5.92 Å². The second-order valence-electron chi connectivity index (χ2n) is 2.01. The Balaban J connectivity index is 0. The van der Waals surface area contributed by atoms with Crippen LogP contribution < -0.4 is 0 Å². The molecule has 0 aliphatic heterocycles. The minimum Gasteiger partial charge on any atom is -0.393 e. The first-order valence-electron chi connectivity index (χ1n) is 2.65. The molecule has 0 rings (SSSR count). The third-order valence-corrected chi connectivity index (χ3v) is 1.28. The van der Waals surface area contributed by atoms with Crippen LogP contribution in [0.1, 0.15) is 20.3 Å². The molecule has 0 aromatic rings. The summed E-state index contributed by atoms with van der Waals surface area (Å²) in [5.74, 6) is 0.347. The van der Waals surface area contributed by atoms with Crippen LogP contribution in [0, 0.1) is 12.8 Å². The van der Waals surface area contributed by atoms with E-state index in [0.717, 1.165) is 6.42 Å². The summed E-state index contributed by atoms with van der Waals surface area (Å²) in [6.45, 7) is 7.42. The van der Waals surface area contributed by atoms with Crippen LogP contribution in [0.2, 0.25) is 0 Å². The smallest absolute Gasteiger partial charge is 0.0513 e. The fourth-order valence-corrected chi connectivity index (χ4v) is 0.241. The van der Waals surface area contributed by atoms with E-state index in [1.54, 1.807) is 6.92 Å². The molecule has 1 N–H and O–H groups in total. The summed E-state index contributed by atoms with van der Waals surface area (Å²) in [7, 11) is 0. The second kappa shape index (κ2) is 5.78. The van der Waals surface area contributed by atoms with Gasteiger partial charge < -0.3 is 12.0 Å². The molecule has 0 heterocycles. The van der Waals surface area contributed by atoms with Crippen LogP contribution in [0.25, 0.3) is 0 Å². The van der Waals surface area contributed by atoms with E-state index in [2.05, 4.69) is 6.92 Å². The first kappa shape index (κ1) is 11.4. The molecule has 0 aromatic heterocycles. The van der Waals surface area contributed by atoms with Crippen LogP contribution in [0.15, 0.2) is 0 Å². The van der Waals surface area contributed by atoms with Gasteiger partial charge in [0.2, 0.25) is 0 Å². The maximum atomic E-state index is 8.78. The predicted molar refractivity (Wildman–Crippen MR) is 30.8 cm³/mol. The molecular formula is C6H13OW-. The quantitative estimate of drug-likeness (QED) is 0.756. The minimum atomic E-state index is -0.197. The molecule has 0 bridgehead atoms. The zero-order valence-corrected chi connectivity index (χ0v) is 8.36. The Hall–Kier alpha value is 0.648. The van der Waals surface area contributed by atoms with E-state index < -0.39 is 0 Å². The van der Waals surface area contributed by atoms with Crippen LogP contribution in [0.5, 0.6) is 0 Å². The summed E-state index contributed by atoms with van der Waals surface area (Å²) in [5, 5.41) is 8.78. The Morgan fingerprint density at radius 1 is 1.50 bits per heavy atom. The molecule has 0 saturated heterocycles. The van der Waals surface area contributed by atoms with Gasteiger partial charge in [-0.1, -0.05) is 6.92 Å². The molecule has 8 heavy (non-hydrogen) atoms. The van der Waals surface area contributed by atoms with Gasteiger partial charge in [-0.2, -0.15) is 6.42 Å². The molecule has 2 heteroatoms. The molecule has 2 atom stereocenters. The van der Waals surface area contributed by atoms with Gasteiger partial charge in [-0.3, -0.25) is 0 Å². The molecule has 0 fully saturated rings. The molecule has 0 amide bonds. The van der Waals surface area contributed by atoms with Crippen LogP contribution in [-0.4, -0.2) is 11.2 Å². The second-order valence-corrected chi connectivity index (χ2v) is 2.01. The number of hydrogen-bond donors (Lipinski definition) is 1. The molecule has 0 aliphatic carbocycles. The largest absolute Gasteiger partial charge is 0.393 e. The number of hydrogen-bond acceptors (Lipinski definition) is 1. The summed E-state index contributed by atoms with van der Waals surface area (Å²) in [6.07, 6.45) is 0.620. The van der Waals surface area contributed by atoms with Gasteiger partial charge in [0.25, 0.3) is 0 Å². The molecule has 0 aliphatic rings.